The summed E-state index contributed by atoms with van der Waals surface area (Å²) in [6, 6.07) is 0. The Labute approximate surface area is 72.9 Å². The number of allylic oxidation sites excluding steroid dienone is 3. The van der Waals surface area contributed by atoms with Crippen molar-refractivity contribution < 1.29 is 9.53 Å². The minimum absolute atomic E-state index is 0.223. The lowest BCUT2D eigenvalue weighted by molar-refractivity contribution is -0.137. The number of hydrogen-bond acceptors (Lipinski definition) is 2. The molecule has 0 aromatic carbocycles. The first-order valence-electron chi connectivity index (χ1n) is 4.37. The lowest BCUT2D eigenvalue weighted by Crippen LogP contribution is -2.01. The summed E-state index contributed by atoms with van der Waals surface area (Å²) in [6.07, 6.45) is 8.94. The molecular weight excluding hydrogens is 152 g/mol. The number of rotatable bonds is 2. The first-order valence-corrected chi connectivity index (χ1v) is 4.37. The van der Waals surface area contributed by atoms with Crippen LogP contribution >= 0.6 is 0 Å². The van der Waals surface area contributed by atoms with Gasteiger partial charge in [0.25, 0.3) is 0 Å². The molecule has 0 saturated heterocycles. The average Bonchev–Trinajstić information content (AvgIpc) is 2.06. The summed E-state index contributed by atoms with van der Waals surface area (Å²) in [5, 5.41) is 0. The molecule has 1 rings (SSSR count). The molecule has 0 heterocycles. The minimum Gasteiger partial charge on any atom is -0.463 e. The smallest absolute Gasteiger partial charge is 0.331 e. The Balaban J connectivity index is 2.49. The molecule has 0 spiro atoms. The van der Waals surface area contributed by atoms with Crippen LogP contribution in [0.5, 0.6) is 0 Å². The van der Waals surface area contributed by atoms with Gasteiger partial charge in [0, 0.05) is 6.08 Å². The van der Waals surface area contributed by atoms with Gasteiger partial charge in [0.1, 0.15) is 0 Å². The van der Waals surface area contributed by atoms with Crippen molar-refractivity contribution in [1.29, 1.82) is 0 Å². The third kappa shape index (κ3) is 2.91. The lowest BCUT2D eigenvalue weighted by atomic mass is 10.0. The van der Waals surface area contributed by atoms with Crippen LogP contribution in [0.25, 0.3) is 0 Å². The maximum atomic E-state index is 11.0. The summed E-state index contributed by atoms with van der Waals surface area (Å²) < 4.78 is 4.80. The highest BCUT2D eigenvalue weighted by Gasteiger charge is 2.02. The molecular formula is C10H14O2. The highest BCUT2D eigenvalue weighted by Crippen LogP contribution is 2.15. The average molecular weight is 166 g/mol. The van der Waals surface area contributed by atoms with Crippen LogP contribution in [0.15, 0.2) is 23.8 Å². The molecule has 0 amide bonds. The molecule has 12 heavy (non-hydrogen) atoms. The van der Waals surface area contributed by atoms with Crippen LogP contribution in [0.2, 0.25) is 0 Å². The van der Waals surface area contributed by atoms with Gasteiger partial charge >= 0.3 is 5.97 Å². The van der Waals surface area contributed by atoms with E-state index in [4.69, 9.17) is 4.74 Å². The van der Waals surface area contributed by atoms with E-state index in [1.54, 1.807) is 6.08 Å². The van der Waals surface area contributed by atoms with E-state index in [-0.39, 0.29) is 5.97 Å². The van der Waals surface area contributed by atoms with E-state index >= 15 is 0 Å². The van der Waals surface area contributed by atoms with Gasteiger partial charge in [-0.15, -0.1) is 0 Å². The largest absolute Gasteiger partial charge is 0.463 e. The normalized spacial score (nSPS) is 19.6. The predicted molar refractivity (Wildman–Crippen MR) is 47.7 cm³/mol. The van der Waals surface area contributed by atoms with Crippen LogP contribution in [0.1, 0.15) is 26.2 Å². The molecule has 0 radical (unpaired) electrons. The molecule has 2 heteroatoms. The summed E-state index contributed by atoms with van der Waals surface area (Å²) in [5.74, 6) is -0.223. The summed E-state index contributed by atoms with van der Waals surface area (Å²) >= 11 is 0. The first-order chi connectivity index (χ1) is 5.83. The van der Waals surface area contributed by atoms with Gasteiger partial charge in [-0.05, 0) is 31.8 Å². The highest BCUT2D eigenvalue weighted by atomic mass is 16.5. The van der Waals surface area contributed by atoms with E-state index in [0.717, 1.165) is 24.8 Å². The number of ether oxygens (including phenoxy) is 1. The molecule has 1 aliphatic carbocycles. The molecule has 0 aliphatic heterocycles. The molecule has 1 aliphatic rings. The molecule has 66 valence electrons. The van der Waals surface area contributed by atoms with Gasteiger partial charge in [-0.1, -0.05) is 12.2 Å². The predicted octanol–water partition coefficient (Wildman–Crippen LogP) is 2.22. The van der Waals surface area contributed by atoms with Gasteiger partial charge < -0.3 is 4.74 Å². The summed E-state index contributed by atoms with van der Waals surface area (Å²) in [5.41, 5.74) is 1.08. The minimum atomic E-state index is -0.223. The second-order valence-corrected chi connectivity index (χ2v) is 2.77. The number of esters is 1. The van der Waals surface area contributed by atoms with E-state index in [9.17, 15) is 4.79 Å². The molecule has 0 N–H and O–H groups in total. The maximum Gasteiger partial charge on any atom is 0.331 e. The zero-order chi connectivity index (χ0) is 8.81. The molecule has 0 atom stereocenters. The van der Waals surface area contributed by atoms with E-state index in [0.29, 0.717) is 6.61 Å². The van der Waals surface area contributed by atoms with Crippen molar-refractivity contribution in [3.63, 3.8) is 0 Å². The molecule has 2 nitrogen and oxygen atoms in total. The van der Waals surface area contributed by atoms with Crippen molar-refractivity contribution in [2.75, 3.05) is 6.61 Å². The Bertz CT molecular complexity index is 214. The van der Waals surface area contributed by atoms with Crippen molar-refractivity contribution in [1.82, 2.24) is 0 Å². The zero-order valence-electron chi connectivity index (χ0n) is 7.38. The lowest BCUT2D eigenvalue weighted by Gasteiger charge is -2.05. The fourth-order valence-electron chi connectivity index (χ4n) is 1.20. The molecule has 0 fully saturated rings. The molecule has 0 aromatic rings. The maximum absolute atomic E-state index is 11.0. The summed E-state index contributed by atoms with van der Waals surface area (Å²) in [6.45, 7) is 2.26. The quantitative estimate of drug-likeness (QED) is 0.464. The fraction of sp³-hybridized carbons (Fsp3) is 0.500. The zero-order valence-corrected chi connectivity index (χ0v) is 7.38. The van der Waals surface area contributed by atoms with Crippen LogP contribution in [-0.2, 0) is 9.53 Å². The Morgan fingerprint density at radius 2 is 2.58 bits per heavy atom. The number of carbonyl (C=O) groups is 1. The monoisotopic (exact) mass is 166 g/mol. The van der Waals surface area contributed by atoms with E-state index in [2.05, 4.69) is 6.08 Å². The van der Waals surface area contributed by atoms with Gasteiger partial charge in [-0.2, -0.15) is 0 Å². The molecule has 0 unspecified atom stereocenters. The standard InChI is InChI=1S/C10H14O2/c1-2-12-10(11)8-9-6-4-3-5-7-9/h4,6,8H,2-3,5,7H2,1H3/b9-8+. The van der Waals surface area contributed by atoms with E-state index in [1.807, 2.05) is 13.0 Å². The van der Waals surface area contributed by atoms with Gasteiger partial charge in [0.05, 0.1) is 6.61 Å². The third-order valence-corrected chi connectivity index (χ3v) is 1.76. The van der Waals surface area contributed by atoms with Crippen molar-refractivity contribution >= 4 is 5.97 Å². The van der Waals surface area contributed by atoms with Crippen LogP contribution in [-0.4, -0.2) is 12.6 Å². The molecule has 0 saturated carbocycles. The number of carbonyl (C=O) groups excluding carboxylic acids is 1. The van der Waals surface area contributed by atoms with Crippen molar-refractivity contribution in [3.05, 3.63) is 23.8 Å². The van der Waals surface area contributed by atoms with E-state index in [1.165, 1.54) is 0 Å². The highest BCUT2D eigenvalue weighted by molar-refractivity contribution is 5.83. The number of hydrogen-bond donors (Lipinski definition) is 0. The third-order valence-electron chi connectivity index (χ3n) is 1.76. The topological polar surface area (TPSA) is 26.3 Å². The summed E-state index contributed by atoms with van der Waals surface area (Å²) in [4.78, 5) is 11.0. The van der Waals surface area contributed by atoms with Crippen LogP contribution in [0, 0.1) is 0 Å². The van der Waals surface area contributed by atoms with Crippen LogP contribution in [0.3, 0.4) is 0 Å². The SMILES string of the molecule is CCOC(=O)/C=C1\C=CCCC1. The second kappa shape index (κ2) is 4.75. The van der Waals surface area contributed by atoms with Crippen LogP contribution in [0.4, 0.5) is 0 Å². The Morgan fingerprint density at radius 1 is 1.75 bits per heavy atom. The van der Waals surface area contributed by atoms with Crippen molar-refractivity contribution in [2.24, 2.45) is 0 Å². The van der Waals surface area contributed by atoms with Crippen molar-refractivity contribution in [3.8, 4) is 0 Å². The van der Waals surface area contributed by atoms with Gasteiger partial charge in [-0.25, -0.2) is 4.79 Å². The van der Waals surface area contributed by atoms with Crippen molar-refractivity contribution in [2.45, 2.75) is 26.2 Å². The summed E-state index contributed by atoms with van der Waals surface area (Å²) in [7, 11) is 0. The Kier molecular flexibility index (Phi) is 3.58. The first kappa shape index (κ1) is 9.04. The second-order valence-electron chi connectivity index (χ2n) is 2.77. The fourth-order valence-corrected chi connectivity index (χ4v) is 1.20. The molecule has 0 aromatic heterocycles. The van der Waals surface area contributed by atoms with Gasteiger partial charge in [0.15, 0.2) is 0 Å². The molecule has 0 bridgehead atoms. The Morgan fingerprint density at radius 3 is 3.17 bits per heavy atom. The van der Waals surface area contributed by atoms with Gasteiger partial charge in [-0.3, -0.25) is 0 Å². The Hall–Kier alpha value is -1.05. The van der Waals surface area contributed by atoms with E-state index < -0.39 is 0 Å². The van der Waals surface area contributed by atoms with Gasteiger partial charge in [0.2, 0.25) is 0 Å². The van der Waals surface area contributed by atoms with Crippen LogP contribution < -0.4 is 0 Å².